The Morgan fingerprint density at radius 1 is 1.27 bits per heavy atom. The van der Waals surface area contributed by atoms with Crippen LogP contribution in [-0.4, -0.2) is 0 Å². The molecule has 0 amide bonds. The van der Waals surface area contributed by atoms with Gasteiger partial charge in [-0.1, -0.05) is 32.4 Å². The monoisotopic (exact) mass is 204 g/mol. The van der Waals surface area contributed by atoms with Gasteiger partial charge in [0.2, 0.25) is 0 Å². The zero-order valence-electron chi connectivity index (χ0n) is 10.6. The molecule has 0 radical (unpaired) electrons. The van der Waals surface area contributed by atoms with Crippen LogP contribution in [0.5, 0.6) is 0 Å². The highest BCUT2D eigenvalue weighted by atomic mass is 14.7. The number of hydrogen-bond donors (Lipinski definition) is 0. The Balaban J connectivity index is 2.05. The maximum Gasteiger partial charge on any atom is -0.0115 e. The number of rotatable bonds is 0. The van der Waals surface area contributed by atoms with Gasteiger partial charge in [0, 0.05) is 0 Å². The SMILES string of the molecule is CC1=CC2C(C)(C)C3CCC(C)C23CC1. The van der Waals surface area contributed by atoms with Crippen molar-refractivity contribution in [3.63, 3.8) is 0 Å². The minimum Gasteiger partial charge on any atom is -0.0814 e. The van der Waals surface area contributed by atoms with E-state index in [0.717, 1.165) is 23.2 Å². The molecule has 4 atom stereocenters. The van der Waals surface area contributed by atoms with E-state index < -0.39 is 0 Å². The topological polar surface area (TPSA) is 0 Å². The molecule has 1 spiro atoms. The summed E-state index contributed by atoms with van der Waals surface area (Å²) in [5.41, 5.74) is 2.96. The van der Waals surface area contributed by atoms with Crippen LogP contribution in [0.1, 0.15) is 53.4 Å². The van der Waals surface area contributed by atoms with Gasteiger partial charge in [-0.3, -0.25) is 0 Å². The summed E-state index contributed by atoms with van der Waals surface area (Å²) < 4.78 is 0. The first-order valence-corrected chi connectivity index (χ1v) is 6.67. The van der Waals surface area contributed by atoms with E-state index in [9.17, 15) is 0 Å². The number of hydrogen-bond acceptors (Lipinski definition) is 0. The molecular formula is C15H24. The molecule has 4 unspecified atom stereocenters. The molecule has 3 aliphatic rings. The second-order valence-corrected chi connectivity index (χ2v) is 6.96. The summed E-state index contributed by atoms with van der Waals surface area (Å²) in [6.07, 6.45) is 8.46. The normalized spacial score (nSPS) is 51.5. The van der Waals surface area contributed by atoms with Gasteiger partial charge in [-0.15, -0.1) is 0 Å². The molecule has 15 heavy (non-hydrogen) atoms. The minimum atomic E-state index is 0.590. The summed E-state index contributed by atoms with van der Waals surface area (Å²) in [5.74, 6) is 2.89. The molecule has 2 fully saturated rings. The number of allylic oxidation sites excluding steroid dienone is 2. The maximum atomic E-state index is 2.63. The van der Waals surface area contributed by atoms with Crippen LogP contribution in [0.4, 0.5) is 0 Å². The van der Waals surface area contributed by atoms with E-state index >= 15 is 0 Å². The van der Waals surface area contributed by atoms with E-state index in [1.165, 1.54) is 25.7 Å². The minimum absolute atomic E-state index is 0.590. The molecule has 0 N–H and O–H groups in total. The largest absolute Gasteiger partial charge is 0.0814 e. The molecule has 0 heteroatoms. The van der Waals surface area contributed by atoms with Crippen LogP contribution in [0.25, 0.3) is 0 Å². The third-order valence-electron chi connectivity index (χ3n) is 6.14. The van der Waals surface area contributed by atoms with E-state index in [2.05, 4.69) is 33.8 Å². The maximum absolute atomic E-state index is 2.63. The fraction of sp³-hybridized carbons (Fsp3) is 0.867. The van der Waals surface area contributed by atoms with Gasteiger partial charge in [0.05, 0.1) is 0 Å². The van der Waals surface area contributed by atoms with Gasteiger partial charge in [-0.2, -0.15) is 0 Å². The van der Waals surface area contributed by atoms with E-state index in [0.29, 0.717) is 5.41 Å². The van der Waals surface area contributed by atoms with Crippen LogP contribution >= 0.6 is 0 Å². The smallest absolute Gasteiger partial charge is 0.0115 e. The van der Waals surface area contributed by atoms with Crippen molar-refractivity contribution in [3.8, 4) is 0 Å². The summed E-state index contributed by atoms with van der Waals surface area (Å²) in [7, 11) is 0. The lowest BCUT2D eigenvalue weighted by Gasteiger charge is -2.67. The van der Waals surface area contributed by atoms with Crippen LogP contribution in [-0.2, 0) is 0 Å². The molecule has 0 saturated heterocycles. The van der Waals surface area contributed by atoms with E-state index in [1.807, 2.05) is 0 Å². The third-order valence-corrected chi connectivity index (χ3v) is 6.14. The van der Waals surface area contributed by atoms with Crippen molar-refractivity contribution in [2.45, 2.75) is 53.4 Å². The Bertz CT molecular complexity index is 323. The van der Waals surface area contributed by atoms with Crippen molar-refractivity contribution >= 4 is 0 Å². The Hall–Kier alpha value is -0.260. The van der Waals surface area contributed by atoms with Crippen molar-refractivity contribution in [1.82, 2.24) is 0 Å². The molecule has 2 saturated carbocycles. The van der Waals surface area contributed by atoms with Gasteiger partial charge < -0.3 is 0 Å². The predicted molar refractivity (Wildman–Crippen MR) is 64.6 cm³/mol. The van der Waals surface area contributed by atoms with Crippen LogP contribution < -0.4 is 0 Å². The Kier molecular flexibility index (Phi) is 1.79. The molecule has 84 valence electrons. The highest BCUT2D eigenvalue weighted by molar-refractivity contribution is 5.27. The molecule has 0 bridgehead atoms. The molecule has 0 aliphatic heterocycles. The lowest BCUT2D eigenvalue weighted by molar-refractivity contribution is -0.167. The van der Waals surface area contributed by atoms with Crippen molar-refractivity contribution in [2.75, 3.05) is 0 Å². The highest BCUT2D eigenvalue weighted by Gasteiger charge is 2.69. The van der Waals surface area contributed by atoms with E-state index in [1.54, 1.807) is 5.57 Å². The summed E-state index contributed by atoms with van der Waals surface area (Å²) in [5, 5.41) is 0. The lowest BCUT2D eigenvalue weighted by Crippen LogP contribution is -2.61. The zero-order chi connectivity index (χ0) is 10.8. The summed E-state index contributed by atoms with van der Waals surface area (Å²) in [6, 6.07) is 0. The van der Waals surface area contributed by atoms with E-state index in [-0.39, 0.29) is 0 Å². The Morgan fingerprint density at radius 2 is 2.00 bits per heavy atom. The zero-order valence-corrected chi connectivity index (χ0v) is 10.6. The van der Waals surface area contributed by atoms with Crippen molar-refractivity contribution in [2.24, 2.45) is 28.6 Å². The highest BCUT2D eigenvalue weighted by Crippen LogP contribution is 2.75. The van der Waals surface area contributed by atoms with Crippen molar-refractivity contribution < 1.29 is 0 Å². The second-order valence-electron chi connectivity index (χ2n) is 6.96. The Labute approximate surface area is 94.1 Å². The van der Waals surface area contributed by atoms with Crippen LogP contribution in [0, 0.1) is 28.6 Å². The fourth-order valence-electron chi connectivity index (χ4n) is 5.43. The molecule has 3 rings (SSSR count). The lowest BCUT2D eigenvalue weighted by atomic mass is 9.37. The molecule has 3 aliphatic carbocycles. The Morgan fingerprint density at radius 3 is 2.73 bits per heavy atom. The molecular weight excluding hydrogens is 180 g/mol. The molecule has 0 aromatic carbocycles. The molecule has 0 heterocycles. The van der Waals surface area contributed by atoms with Crippen LogP contribution in [0.3, 0.4) is 0 Å². The van der Waals surface area contributed by atoms with E-state index in [4.69, 9.17) is 0 Å². The first kappa shape index (κ1) is 9.93. The quantitative estimate of drug-likeness (QED) is 0.513. The van der Waals surface area contributed by atoms with Crippen molar-refractivity contribution in [3.05, 3.63) is 11.6 Å². The second kappa shape index (κ2) is 2.70. The van der Waals surface area contributed by atoms with Crippen molar-refractivity contribution in [1.29, 1.82) is 0 Å². The summed E-state index contributed by atoms with van der Waals surface area (Å²) in [6.45, 7) is 9.86. The van der Waals surface area contributed by atoms with Gasteiger partial charge in [0.1, 0.15) is 0 Å². The molecule has 0 aromatic rings. The van der Waals surface area contributed by atoms with Gasteiger partial charge in [0.15, 0.2) is 0 Å². The molecule has 0 aromatic heterocycles. The van der Waals surface area contributed by atoms with Gasteiger partial charge in [-0.25, -0.2) is 0 Å². The van der Waals surface area contributed by atoms with Gasteiger partial charge in [0.25, 0.3) is 0 Å². The predicted octanol–water partition coefficient (Wildman–Crippen LogP) is 4.42. The summed E-state index contributed by atoms with van der Waals surface area (Å²) >= 11 is 0. The average Bonchev–Trinajstić information content (AvgIpc) is 2.47. The van der Waals surface area contributed by atoms with Crippen LogP contribution in [0.2, 0.25) is 0 Å². The standard InChI is InChI=1S/C15H24/c1-10-7-8-15-11(2)5-6-12(15)14(3,4)13(15)9-10/h9,11-13H,5-8H2,1-4H3. The third kappa shape index (κ3) is 0.946. The fourth-order valence-corrected chi connectivity index (χ4v) is 5.43. The van der Waals surface area contributed by atoms with Crippen LogP contribution in [0.15, 0.2) is 11.6 Å². The van der Waals surface area contributed by atoms with Gasteiger partial charge in [-0.05, 0) is 61.2 Å². The average molecular weight is 204 g/mol. The first-order valence-electron chi connectivity index (χ1n) is 6.67. The van der Waals surface area contributed by atoms with Gasteiger partial charge >= 0.3 is 0 Å². The molecule has 0 nitrogen and oxygen atoms in total. The first-order chi connectivity index (χ1) is 6.99. The summed E-state index contributed by atoms with van der Waals surface area (Å²) in [4.78, 5) is 0.